The minimum absolute atomic E-state index is 0.106. The largest absolute Gasteiger partial charge is 0.377 e. The Labute approximate surface area is 122 Å². The average molecular weight is 278 g/mol. The van der Waals surface area contributed by atoms with Crippen LogP contribution in [0.1, 0.15) is 25.3 Å². The fourth-order valence-corrected chi connectivity index (χ4v) is 2.74. The van der Waals surface area contributed by atoms with Gasteiger partial charge in [-0.25, -0.2) is 0 Å². The van der Waals surface area contributed by atoms with E-state index in [4.69, 9.17) is 9.47 Å². The number of rotatable bonds is 7. The monoisotopic (exact) mass is 278 g/mol. The van der Waals surface area contributed by atoms with Gasteiger partial charge in [-0.05, 0) is 50.6 Å². The zero-order chi connectivity index (χ0) is 14.4. The highest BCUT2D eigenvalue weighted by atomic mass is 16.7. The quantitative estimate of drug-likeness (QED) is 0.778. The van der Waals surface area contributed by atoms with Crippen LogP contribution in [0, 0.1) is 0 Å². The second-order valence-electron chi connectivity index (χ2n) is 5.45. The maximum Gasteiger partial charge on any atom is 0.176 e. The van der Waals surface area contributed by atoms with E-state index in [1.54, 1.807) is 14.2 Å². The van der Waals surface area contributed by atoms with Crippen LogP contribution in [-0.2, 0) is 16.0 Å². The van der Waals surface area contributed by atoms with Gasteiger partial charge in [0.05, 0.1) is 6.04 Å². The number of benzene rings is 1. The van der Waals surface area contributed by atoms with Crippen LogP contribution in [0.25, 0.3) is 0 Å². The summed E-state index contributed by atoms with van der Waals surface area (Å²) in [5, 5.41) is 3.40. The van der Waals surface area contributed by atoms with Gasteiger partial charge in [0.25, 0.3) is 0 Å². The number of ether oxygens (including phenoxy) is 2. The summed E-state index contributed by atoms with van der Waals surface area (Å²) in [5.41, 5.74) is 2.47. The van der Waals surface area contributed by atoms with Crippen LogP contribution >= 0.6 is 0 Å². The van der Waals surface area contributed by atoms with Crippen LogP contribution in [0.5, 0.6) is 0 Å². The molecule has 1 fully saturated rings. The van der Waals surface area contributed by atoms with E-state index in [2.05, 4.69) is 41.4 Å². The molecule has 0 aromatic heterocycles. The Morgan fingerprint density at radius 1 is 1.10 bits per heavy atom. The SMILES string of the molecule is COC(OC)C(C)Nc1ccc(CN2CCCC2)cc1. The standard InChI is InChI=1S/C16H26N2O2/c1-13(16(19-2)20-3)17-15-8-6-14(7-9-15)12-18-10-4-5-11-18/h6-9,13,16-17H,4-5,10-12H2,1-3H3. The Bertz CT molecular complexity index is 384. The summed E-state index contributed by atoms with van der Waals surface area (Å²) in [6.45, 7) is 5.59. The Morgan fingerprint density at radius 3 is 2.25 bits per heavy atom. The van der Waals surface area contributed by atoms with Crippen LogP contribution in [0.15, 0.2) is 24.3 Å². The molecule has 0 bridgehead atoms. The molecule has 0 radical (unpaired) electrons. The van der Waals surface area contributed by atoms with Crippen LogP contribution in [0.2, 0.25) is 0 Å². The van der Waals surface area contributed by atoms with Crippen molar-refractivity contribution >= 4 is 5.69 Å². The van der Waals surface area contributed by atoms with Crippen molar-refractivity contribution in [2.45, 2.75) is 38.6 Å². The zero-order valence-corrected chi connectivity index (χ0v) is 12.8. The lowest BCUT2D eigenvalue weighted by Gasteiger charge is -2.23. The van der Waals surface area contributed by atoms with Crippen LogP contribution < -0.4 is 5.32 Å². The molecule has 1 aliphatic heterocycles. The van der Waals surface area contributed by atoms with Crippen LogP contribution in [0.3, 0.4) is 0 Å². The predicted molar refractivity (Wildman–Crippen MR) is 81.8 cm³/mol. The van der Waals surface area contributed by atoms with Crippen molar-refractivity contribution in [2.24, 2.45) is 0 Å². The maximum absolute atomic E-state index is 5.25. The van der Waals surface area contributed by atoms with Crippen LogP contribution in [0.4, 0.5) is 5.69 Å². The number of anilines is 1. The lowest BCUT2D eigenvalue weighted by atomic mass is 10.2. The second-order valence-corrected chi connectivity index (χ2v) is 5.45. The van der Waals surface area contributed by atoms with Crippen molar-refractivity contribution in [3.05, 3.63) is 29.8 Å². The summed E-state index contributed by atoms with van der Waals surface area (Å²) in [6.07, 6.45) is 2.44. The third-order valence-corrected chi connectivity index (χ3v) is 3.83. The molecule has 112 valence electrons. The number of nitrogens with zero attached hydrogens (tertiary/aromatic N) is 1. The molecule has 4 heteroatoms. The minimum atomic E-state index is -0.237. The van der Waals surface area contributed by atoms with E-state index in [0.717, 1.165) is 12.2 Å². The van der Waals surface area contributed by atoms with Gasteiger partial charge < -0.3 is 14.8 Å². The highest BCUT2D eigenvalue weighted by molar-refractivity contribution is 5.45. The molecule has 2 rings (SSSR count). The molecule has 4 nitrogen and oxygen atoms in total. The molecule has 0 saturated carbocycles. The molecule has 1 saturated heterocycles. The lowest BCUT2D eigenvalue weighted by molar-refractivity contribution is -0.109. The Hall–Kier alpha value is -1.10. The molecule has 1 aromatic rings. The van der Waals surface area contributed by atoms with E-state index in [1.165, 1.54) is 31.5 Å². The average Bonchev–Trinajstić information content (AvgIpc) is 2.95. The van der Waals surface area contributed by atoms with Crippen LogP contribution in [-0.4, -0.2) is 44.5 Å². The smallest absolute Gasteiger partial charge is 0.176 e. The molecule has 1 heterocycles. The molecule has 1 unspecified atom stereocenters. The maximum atomic E-state index is 5.25. The molecule has 1 aromatic carbocycles. The Balaban J connectivity index is 1.87. The van der Waals surface area contributed by atoms with Gasteiger partial charge in [0, 0.05) is 26.5 Å². The van der Waals surface area contributed by atoms with Gasteiger partial charge in [-0.3, -0.25) is 4.90 Å². The van der Waals surface area contributed by atoms with Gasteiger partial charge >= 0.3 is 0 Å². The molecule has 0 amide bonds. The Morgan fingerprint density at radius 2 is 1.70 bits per heavy atom. The summed E-state index contributed by atoms with van der Waals surface area (Å²) < 4.78 is 10.5. The van der Waals surface area contributed by atoms with Crippen molar-refractivity contribution in [1.82, 2.24) is 4.90 Å². The first-order valence-corrected chi connectivity index (χ1v) is 7.36. The molecule has 20 heavy (non-hydrogen) atoms. The normalized spacial score (nSPS) is 17.6. The fourth-order valence-electron chi connectivity index (χ4n) is 2.74. The summed E-state index contributed by atoms with van der Waals surface area (Å²) in [4.78, 5) is 2.51. The fraction of sp³-hybridized carbons (Fsp3) is 0.625. The van der Waals surface area contributed by atoms with Crippen molar-refractivity contribution in [1.29, 1.82) is 0 Å². The van der Waals surface area contributed by atoms with Crippen molar-refractivity contribution in [3.63, 3.8) is 0 Å². The number of hydrogen-bond acceptors (Lipinski definition) is 4. The highest BCUT2D eigenvalue weighted by Crippen LogP contribution is 2.16. The summed E-state index contributed by atoms with van der Waals surface area (Å²) >= 11 is 0. The molecule has 1 atom stereocenters. The highest BCUT2D eigenvalue weighted by Gasteiger charge is 2.15. The Kier molecular flexibility index (Phi) is 5.83. The number of nitrogens with one attached hydrogen (secondary N) is 1. The first kappa shape index (κ1) is 15.3. The predicted octanol–water partition coefficient (Wildman–Crippen LogP) is 2.70. The molecular formula is C16H26N2O2. The first-order valence-electron chi connectivity index (χ1n) is 7.36. The van der Waals surface area contributed by atoms with Crippen molar-refractivity contribution < 1.29 is 9.47 Å². The molecular weight excluding hydrogens is 252 g/mol. The third kappa shape index (κ3) is 4.20. The number of hydrogen-bond donors (Lipinski definition) is 1. The van der Waals surface area contributed by atoms with E-state index in [-0.39, 0.29) is 12.3 Å². The van der Waals surface area contributed by atoms with Crippen molar-refractivity contribution in [2.75, 3.05) is 32.6 Å². The summed E-state index contributed by atoms with van der Waals surface area (Å²) in [5.74, 6) is 0. The molecule has 1 aliphatic rings. The van der Waals surface area contributed by atoms with E-state index < -0.39 is 0 Å². The van der Waals surface area contributed by atoms with Gasteiger partial charge in [0.15, 0.2) is 6.29 Å². The van der Waals surface area contributed by atoms with Gasteiger partial charge in [0.1, 0.15) is 0 Å². The lowest BCUT2D eigenvalue weighted by Crippen LogP contribution is -2.33. The first-order chi connectivity index (χ1) is 9.72. The number of likely N-dealkylation sites (tertiary alicyclic amines) is 1. The molecule has 0 spiro atoms. The van der Waals surface area contributed by atoms with Crippen molar-refractivity contribution in [3.8, 4) is 0 Å². The van der Waals surface area contributed by atoms with Gasteiger partial charge in [-0.2, -0.15) is 0 Å². The zero-order valence-electron chi connectivity index (χ0n) is 12.8. The van der Waals surface area contributed by atoms with E-state index in [1.807, 2.05) is 0 Å². The number of methoxy groups -OCH3 is 2. The van der Waals surface area contributed by atoms with E-state index in [0.29, 0.717) is 0 Å². The molecule has 1 N–H and O–H groups in total. The van der Waals surface area contributed by atoms with Gasteiger partial charge in [0.2, 0.25) is 0 Å². The third-order valence-electron chi connectivity index (χ3n) is 3.83. The van der Waals surface area contributed by atoms with Gasteiger partial charge in [-0.15, -0.1) is 0 Å². The minimum Gasteiger partial charge on any atom is -0.377 e. The molecule has 0 aliphatic carbocycles. The van der Waals surface area contributed by atoms with Gasteiger partial charge in [-0.1, -0.05) is 12.1 Å². The summed E-state index contributed by atoms with van der Waals surface area (Å²) in [6, 6.07) is 8.76. The van der Waals surface area contributed by atoms with E-state index >= 15 is 0 Å². The van der Waals surface area contributed by atoms with E-state index in [9.17, 15) is 0 Å². The second kappa shape index (κ2) is 7.62. The topological polar surface area (TPSA) is 33.7 Å². The summed E-state index contributed by atoms with van der Waals surface area (Å²) in [7, 11) is 3.32.